The van der Waals surface area contributed by atoms with Gasteiger partial charge in [0.15, 0.2) is 11.4 Å². The second kappa shape index (κ2) is 10.3. The van der Waals surface area contributed by atoms with Gasteiger partial charge in [0.05, 0.1) is 5.56 Å². The number of hydrogen-bond donors (Lipinski definition) is 8. The van der Waals surface area contributed by atoms with Gasteiger partial charge in [-0.15, -0.1) is 0 Å². The monoisotopic (exact) mass is 597 g/mol. The summed E-state index contributed by atoms with van der Waals surface area (Å²) in [5.74, 6) is -6.78. The summed E-state index contributed by atoms with van der Waals surface area (Å²) in [5.41, 5.74) is 4.34. The van der Waals surface area contributed by atoms with Crippen LogP contribution in [0.1, 0.15) is 24.0 Å². The molecule has 224 valence electrons. The number of amides is 3. The number of primary amides is 1. The highest BCUT2D eigenvalue weighted by Crippen LogP contribution is 2.53. The SMILES string of the molecule is NC(=O)C1=C(O)[C@@]2(O)C(=O)C3=C(O)c4c(O)ccc(-c5ccc(NC(=O)Nc6ccc(O)cc6)cc5)c4CC3C[C@H]2CC1=O. The average Bonchev–Trinajstić information content (AvgIpc) is 2.96. The summed E-state index contributed by atoms with van der Waals surface area (Å²) >= 11 is 0. The number of carbonyl (C=O) groups excluding carboxylic acids is 4. The summed E-state index contributed by atoms with van der Waals surface area (Å²) in [6, 6.07) is 15.3. The van der Waals surface area contributed by atoms with Crippen molar-refractivity contribution in [2.45, 2.75) is 24.9 Å². The number of carbonyl (C=O) groups is 4. The standard InChI is InChI=1S/C32H27N3O9/c33-30(42)26-23(38)13-16-11-15-12-21-20(9-10-22(37)25(21)27(39)24(15)28(40)32(16,44)29(26)41)14-1-3-17(4-2-14)34-31(43)35-18-5-7-19(36)8-6-18/h1-10,15-16,36-37,39,41,44H,11-13H2,(H2,33,42)(H2,34,35,43)/t15?,16-,32-/m0/s1. The molecule has 0 radical (unpaired) electrons. The van der Waals surface area contributed by atoms with Gasteiger partial charge in [-0.05, 0) is 77.9 Å². The molecule has 0 saturated heterocycles. The van der Waals surface area contributed by atoms with E-state index in [4.69, 9.17) is 5.73 Å². The Morgan fingerprint density at radius 3 is 2.07 bits per heavy atom. The van der Waals surface area contributed by atoms with Crippen molar-refractivity contribution < 1.29 is 44.7 Å². The number of nitrogens with one attached hydrogen (secondary N) is 2. The molecule has 9 N–H and O–H groups in total. The highest BCUT2D eigenvalue weighted by atomic mass is 16.3. The molecular weight excluding hydrogens is 570 g/mol. The second-order valence-electron chi connectivity index (χ2n) is 11.1. The predicted molar refractivity (Wildman–Crippen MR) is 158 cm³/mol. The maximum atomic E-state index is 13.7. The first-order valence-electron chi connectivity index (χ1n) is 13.7. The van der Waals surface area contributed by atoms with Gasteiger partial charge in [0.2, 0.25) is 5.78 Å². The molecule has 0 bridgehead atoms. The normalized spacial score (nSPS) is 22.6. The van der Waals surface area contributed by atoms with E-state index >= 15 is 0 Å². The van der Waals surface area contributed by atoms with Crippen LogP contribution in [0.5, 0.6) is 11.5 Å². The van der Waals surface area contributed by atoms with Gasteiger partial charge >= 0.3 is 6.03 Å². The quantitative estimate of drug-likeness (QED) is 0.163. The van der Waals surface area contributed by atoms with E-state index in [-0.39, 0.29) is 35.5 Å². The third-order valence-corrected chi connectivity index (χ3v) is 8.53. The number of aliphatic hydroxyl groups excluding tert-OH is 2. The van der Waals surface area contributed by atoms with Crippen LogP contribution in [0.2, 0.25) is 0 Å². The van der Waals surface area contributed by atoms with E-state index < -0.39 is 64.5 Å². The first-order chi connectivity index (χ1) is 20.9. The summed E-state index contributed by atoms with van der Waals surface area (Å²) in [4.78, 5) is 50.5. The van der Waals surface area contributed by atoms with Crippen molar-refractivity contribution in [3.8, 4) is 22.6 Å². The topological polar surface area (TPSA) is 220 Å². The number of hydrogen-bond acceptors (Lipinski definition) is 9. The predicted octanol–water partition coefficient (Wildman–Crippen LogP) is 3.44. The zero-order valence-corrected chi connectivity index (χ0v) is 23.0. The van der Waals surface area contributed by atoms with Crippen molar-refractivity contribution in [2.24, 2.45) is 17.6 Å². The Hall–Kier alpha value is -5.62. The highest BCUT2D eigenvalue weighted by Gasteiger charge is 2.60. The minimum absolute atomic E-state index is 0.00916. The molecule has 1 unspecified atom stereocenters. The lowest BCUT2D eigenvalue weighted by Crippen LogP contribution is -2.58. The zero-order chi connectivity index (χ0) is 31.5. The third-order valence-electron chi connectivity index (χ3n) is 8.53. The van der Waals surface area contributed by atoms with E-state index in [1.165, 1.54) is 18.2 Å². The molecule has 44 heavy (non-hydrogen) atoms. The largest absolute Gasteiger partial charge is 0.508 e. The Morgan fingerprint density at radius 2 is 1.45 bits per heavy atom. The van der Waals surface area contributed by atoms with Crippen LogP contribution in [-0.2, 0) is 20.8 Å². The Labute approximate surface area is 249 Å². The fourth-order valence-corrected chi connectivity index (χ4v) is 6.46. The molecule has 3 aromatic rings. The molecule has 3 aromatic carbocycles. The number of aromatic hydroxyl groups is 2. The molecule has 6 rings (SSSR count). The molecule has 3 atom stereocenters. The number of aliphatic hydroxyl groups is 3. The van der Waals surface area contributed by atoms with Crippen LogP contribution in [0.3, 0.4) is 0 Å². The van der Waals surface area contributed by atoms with Gasteiger partial charge in [0.25, 0.3) is 5.91 Å². The van der Waals surface area contributed by atoms with Crippen LogP contribution in [0.25, 0.3) is 16.9 Å². The van der Waals surface area contributed by atoms with Crippen molar-refractivity contribution in [1.29, 1.82) is 0 Å². The number of phenolic OH excluding ortho intramolecular Hbond substituents is 2. The van der Waals surface area contributed by atoms with Gasteiger partial charge in [-0.2, -0.15) is 0 Å². The average molecular weight is 598 g/mol. The second-order valence-corrected chi connectivity index (χ2v) is 11.1. The number of benzene rings is 3. The zero-order valence-electron chi connectivity index (χ0n) is 23.0. The van der Waals surface area contributed by atoms with Gasteiger partial charge < -0.3 is 41.9 Å². The van der Waals surface area contributed by atoms with E-state index in [2.05, 4.69) is 10.6 Å². The lowest BCUT2D eigenvalue weighted by Gasteiger charge is -2.46. The van der Waals surface area contributed by atoms with Crippen LogP contribution >= 0.6 is 0 Å². The summed E-state index contributed by atoms with van der Waals surface area (Å²) in [7, 11) is 0. The van der Waals surface area contributed by atoms with Crippen LogP contribution in [0.15, 0.2) is 77.6 Å². The maximum absolute atomic E-state index is 13.7. The fraction of sp³-hybridized carbons (Fsp3) is 0.188. The smallest absolute Gasteiger partial charge is 0.323 e. The number of Topliss-reactive ketones (excluding diaryl/α,β-unsaturated/α-hetero) is 2. The van der Waals surface area contributed by atoms with Crippen molar-refractivity contribution in [3.05, 3.63) is 88.7 Å². The first kappa shape index (κ1) is 28.5. The van der Waals surface area contributed by atoms with E-state index in [1.54, 1.807) is 42.5 Å². The maximum Gasteiger partial charge on any atom is 0.323 e. The molecule has 0 heterocycles. The van der Waals surface area contributed by atoms with Gasteiger partial charge in [0.1, 0.15) is 28.6 Å². The Kier molecular flexibility index (Phi) is 6.66. The summed E-state index contributed by atoms with van der Waals surface area (Å²) < 4.78 is 0. The number of ketones is 2. The Balaban J connectivity index is 1.32. The van der Waals surface area contributed by atoms with Crippen molar-refractivity contribution in [1.82, 2.24) is 0 Å². The molecule has 0 spiro atoms. The fourth-order valence-electron chi connectivity index (χ4n) is 6.46. The number of rotatable bonds is 4. The molecule has 1 fully saturated rings. The number of nitrogens with two attached hydrogens (primary N) is 1. The van der Waals surface area contributed by atoms with E-state index in [9.17, 15) is 44.7 Å². The van der Waals surface area contributed by atoms with Gasteiger partial charge in [-0.3, -0.25) is 14.4 Å². The van der Waals surface area contributed by atoms with Crippen molar-refractivity contribution in [2.75, 3.05) is 10.6 Å². The Morgan fingerprint density at radius 1 is 0.841 bits per heavy atom. The van der Waals surface area contributed by atoms with Crippen LogP contribution in [0.4, 0.5) is 16.2 Å². The molecular formula is C32H27N3O9. The number of fused-ring (bicyclic) bond motifs is 3. The van der Waals surface area contributed by atoms with Crippen LogP contribution < -0.4 is 16.4 Å². The van der Waals surface area contributed by atoms with Crippen LogP contribution in [-0.4, -0.2) is 54.6 Å². The molecule has 0 aliphatic heterocycles. The molecule has 12 nitrogen and oxygen atoms in total. The Bertz CT molecular complexity index is 1830. The number of anilines is 2. The minimum Gasteiger partial charge on any atom is -0.508 e. The van der Waals surface area contributed by atoms with Gasteiger partial charge in [0, 0.05) is 29.3 Å². The van der Waals surface area contributed by atoms with Crippen molar-refractivity contribution >= 4 is 40.6 Å². The van der Waals surface area contributed by atoms with Gasteiger partial charge in [-0.25, -0.2) is 4.79 Å². The third kappa shape index (κ3) is 4.43. The van der Waals surface area contributed by atoms with E-state index in [0.29, 0.717) is 28.1 Å². The lowest BCUT2D eigenvalue weighted by atomic mass is 9.59. The summed E-state index contributed by atoms with van der Waals surface area (Å²) in [5, 5.41) is 58.9. The number of urea groups is 1. The van der Waals surface area contributed by atoms with Crippen molar-refractivity contribution in [3.63, 3.8) is 0 Å². The van der Waals surface area contributed by atoms with E-state index in [0.717, 1.165) is 0 Å². The molecule has 3 aliphatic carbocycles. The minimum atomic E-state index is -2.62. The summed E-state index contributed by atoms with van der Waals surface area (Å²) in [6.45, 7) is 0. The lowest BCUT2D eigenvalue weighted by molar-refractivity contribution is -0.147. The summed E-state index contributed by atoms with van der Waals surface area (Å²) in [6.07, 6.45) is -0.214. The molecule has 3 aliphatic rings. The molecule has 0 aromatic heterocycles. The molecule has 1 saturated carbocycles. The molecule has 3 amide bonds. The number of phenols is 2. The highest BCUT2D eigenvalue weighted by molar-refractivity contribution is 6.22. The van der Waals surface area contributed by atoms with E-state index in [1.807, 2.05) is 0 Å². The first-order valence-corrected chi connectivity index (χ1v) is 13.7. The van der Waals surface area contributed by atoms with Crippen LogP contribution in [0, 0.1) is 11.8 Å². The van der Waals surface area contributed by atoms with Gasteiger partial charge in [-0.1, -0.05) is 18.2 Å². The molecule has 12 heteroatoms.